The number of rotatable bonds is 3. The van der Waals surface area contributed by atoms with Crippen LogP contribution in [0.3, 0.4) is 0 Å². The molecule has 0 radical (unpaired) electrons. The van der Waals surface area contributed by atoms with Crippen LogP contribution >= 0.6 is 0 Å². The number of pyridine rings is 1. The molecule has 1 aliphatic rings. The zero-order chi connectivity index (χ0) is 19.5. The van der Waals surface area contributed by atoms with Crippen molar-refractivity contribution in [2.45, 2.75) is 18.9 Å². The first-order valence-electron chi connectivity index (χ1n) is 9.05. The van der Waals surface area contributed by atoms with Gasteiger partial charge in [0.25, 0.3) is 0 Å². The Hall–Kier alpha value is -3.66. The monoisotopic (exact) mass is 374 g/mol. The molecular formula is C21H18N4O3. The van der Waals surface area contributed by atoms with Crippen LogP contribution in [0.4, 0.5) is 5.82 Å². The number of hydrogen-bond donors (Lipinski definition) is 1. The molecule has 0 bridgehead atoms. The summed E-state index contributed by atoms with van der Waals surface area (Å²) in [6.45, 7) is 1.43. The second kappa shape index (κ2) is 7.53. The number of fused-ring (bicyclic) bond motifs is 1. The summed E-state index contributed by atoms with van der Waals surface area (Å²) < 4.78 is 5.26. The zero-order valence-electron chi connectivity index (χ0n) is 15.1. The molecule has 0 saturated carbocycles. The highest BCUT2D eigenvalue weighted by atomic mass is 16.4. The molecule has 7 nitrogen and oxygen atoms in total. The predicted octanol–water partition coefficient (Wildman–Crippen LogP) is 2.85. The molecule has 2 aromatic heterocycles. The molecule has 4 rings (SSSR count). The number of anilines is 1. The van der Waals surface area contributed by atoms with Crippen molar-refractivity contribution in [3.05, 3.63) is 64.1 Å². The summed E-state index contributed by atoms with van der Waals surface area (Å²) in [7, 11) is 0. The summed E-state index contributed by atoms with van der Waals surface area (Å²) in [5.41, 5.74) is 0.365. The maximum Gasteiger partial charge on any atom is 0.348 e. The minimum absolute atomic E-state index is 0.0239. The predicted molar refractivity (Wildman–Crippen MR) is 106 cm³/mol. The van der Waals surface area contributed by atoms with Crippen LogP contribution in [0.15, 0.2) is 56.8 Å². The number of aliphatic imine (C=N–C) groups is 1. The van der Waals surface area contributed by atoms with Crippen LogP contribution in [-0.4, -0.2) is 35.4 Å². The standard InChI is InChI=1S/C21H18N4O3/c22-12-14-4-3-9-23-20(14)25-10-7-15(8-11-25)24-13-17-19(26)16-5-1-2-6-18(16)28-21(17)27/h1-6,9,13,15,26H,7-8,10-11H2. The Bertz CT molecular complexity index is 1140. The van der Waals surface area contributed by atoms with Crippen LogP contribution in [0.1, 0.15) is 24.0 Å². The first kappa shape index (κ1) is 17.7. The molecule has 0 amide bonds. The molecule has 1 saturated heterocycles. The van der Waals surface area contributed by atoms with Gasteiger partial charge in [-0.15, -0.1) is 0 Å². The molecule has 140 valence electrons. The van der Waals surface area contributed by atoms with Gasteiger partial charge in [0.15, 0.2) is 0 Å². The molecule has 3 heterocycles. The van der Waals surface area contributed by atoms with Gasteiger partial charge in [-0.25, -0.2) is 9.78 Å². The van der Waals surface area contributed by atoms with Crippen molar-refractivity contribution >= 4 is 23.0 Å². The summed E-state index contributed by atoms with van der Waals surface area (Å²) in [5.74, 6) is 0.584. The Balaban J connectivity index is 1.50. The van der Waals surface area contributed by atoms with E-state index in [1.807, 2.05) is 0 Å². The number of aromatic nitrogens is 1. The van der Waals surface area contributed by atoms with Crippen molar-refractivity contribution in [2.24, 2.45) is 4.99 Å². The lowest BCUT2D eigenvalue weighted by Gasteiger charge is -2.31. The number of benzene rings is 1. The van der Waals surface area contributed by atoms with Crippen molar-refractivity contribution in [3.63, 3.8) is 0 Å². The van der Waals surface area contributed by atoms with Gasteiger partial charge >= 0.3 is 5.63 Å². The number of aromatic hydroxyl groups is 1. The van der Waals surface area contributed by atoms with Crippen molar-refractivity contribution in [1.29, 1.82) is 5.26 Å². The molecule has 1 N–H and O–H groups in total. The third kappa shape index (κ3) is 3.32. The minimum atomic E-state index is -0.607. The van der Waals surface area contributed by atoms with Crippen molar-refractivity contribution < 1.29 is 9.52 Å². The molecule has 0 unspecified atom stereocenters. The van der Waals surface area contributed by atoms with E-state index in [0.717, 1.165) is 12.8 Å². The number of nitriles is 1. The van der Waals surface area contributed by atoms with Gasteiger partial charge in [-0.1, -0.05) is 12.1 Å². The van der Waals surface area contributed by atoms with Crippen molar-refractivity contribution in [1.82, 2.24) is 4.98 Å². The smallest absolute Gasteiger partial charge is 0.348 e. The lowest BCUT2D eigenvalue weighted by atomic mass is 10.0. The van der Waals surface area contributed by atoms with Gasteiger partial charge in [0.1, 0.15) is 28.8 Å². The third-order valence-corrected chi connectivity index (χ3v) is 4.91. The largest absolute Gasteiger partial charge is 0.506 e. The highest BCUT2D eigenvalue weighted by Crippen LogP contribution is 2.26. The molecule has 0 atom stereocenters. The van der Waals surface area contributed by atoms with E-state index in [-0.39, 0.29) is 17.4 Å². The second-order valence-electron chi connectivity index (χ2n) is 6.63. The minimum Gasteiger partial charge on any atom is -0.506 e. The Morgan fingerprint density at radius 3 is 2.82 bits per heavy atom. The lowest BCUT2D eigenvalue weighted by Crippen LogP contribution is -2.36. The highest BCUT2D eigenvalue weighted by molar-refractivity contribution is 5.93. The molecule has 28 heavy (non-hydrogen) atoms. The first-order chi connectivity index (χ1) is 13.7. The van der Waals surface area contributed by atoms with Crippen LogP contribution in [0, 0.1) is 11.3 Å². The van der Waals surface area contributed by atoms with E-state index in [4.69, 9.17) is 4.42 Å². The van der Waals surface area contributed by atoms with Gasteiger partial charge < -0.3 is 14.4 Å². The molecule has 0 spiro atoms. The lowest BCUT2D eigenvalue weighted by molar-refractivity contribution is 0.466. The molecule has 3 aromatic rings. The average molecular weight is 374 g/mol. The number of para-hydroxylation sites is 1. The van der Waals surface area contributed by atoms with Crippen LogP contribution in [0.5, 0.6) is 5.75 Å². The van der Waals surface area contributed by atoms with Crippen molar-refractivity contribution in [3.8, 4) is 11.8 Å². The molecule has 0 aliphatic carbocycles. The van der Waals surface area contributed by atoms with Gasteiger partial charge in [-0.3, -0.25) is 4.99 Å². The van der Waals surface area contributed by atoms with Crippen LogP contribution in [0.2, 0.25) is 0 Å². The fourth-order valence-electron chi connectivity index (χ4n) is 3.40. The average Bonchev–Trinajstić information content (AvgIpc) is 2.74. The van der Waals surface area contributed by atoms with E-state index in [1.54, 1.807) is 42.6 Å². The van der Waals surface area contributed by atoms with Gasteiger partial charge in [-0.05, 0) is 37.1 Å². The maximum absolute atomic E-state index is 12.2. The summed E-state index contributed by atoms with van der Waals surface area (Å²) >= 11 is 0. The fourth-order valence-corrected chi connectivity index (χ4v) is 3.40. The van der Waals surface area contributed by atoms with E-state index in [2.05, 4.69) is 20.9 Å². The maximum atomic E-state index is 12.2. The van der Waals surface area contributed by atoms with Gasteiger partial charge in [-0.2, -0.15) is 5.26 Å². The molecule has 7 heteroatoms. The van der Waals surface area contributed by atoms with Crippen LogP contribution in [0.25, 0.3) is 11.0 Å². The summed E-state index contributed by atoms with van der Waals surface area (Å²) in [6.07, 6.45) is 4.62. The Labute approximate surface area is 161 Å². The Morgan fingerprint density at radius 1 is 1.25 bits per heavy atom. The fraction of sp³-hybridized carbons (Fsp3) is 0.238. The topological polar surface area (TPSA) is 103 Å². The molecule has 1 aromatic carbocycles. The normalized spacial score (nSPS) is 15.2. The first-order valence-corrected chi connectivity index (χ1v) is 9.05. The van der Waals surface area contributed by atoms with Crippen molar-refractivity contribution in [2.75, 3.05) is 18.0 Å². The van der Waals surface area contributed by atoms with Crippen LogP contribution < -0.4 is 10.5 Å². The van der Waals surface area contributed by atoms with E-state index < -0.39 is 5.63 Å². The quantitative estimate of drug-likeness (QED) is 0.559. The van der Waals surface area contributed by atoms with E-state index >= 15 is 0 Å². The zero-order valence-corrected chi connectivity index (χ0v) is 15.1. The summed E-state index contributed by atoms with van der Waals surface area (Å²) in [5, 5.41) is 20.1. The van der Waals surface area contributed by atoms with E-state index in [9.17, 15) is 15.2 Å². The summed E-state index contributed by atoms with van der Waals surface area (Å²) in [4.78, 5) is 23.1. The number of nitrogens with zero attached hydrogens (tertiary/aromatic N) is 4. The highest BCUT2D eigenvalue weighted by Gasteiger charge is 2.21. The number of piperidine rings is 1. The summed E-state index contributed by atoms with van der Waals surface area (Å²) in [6, 6.07) is 12.6. The van der Waals surface area contributed by atoms with E-state index in [0.29, 0.717) is 35.4 Å². The van der Waals surface area contributed by atoms with Gasteiger partial charge in [0.05, 0.1) is 17.0 Å². The van der Waals surface area contributed by atoms with Gasteiger partial charge in [0.2, 0.25) is 0 Å². The third-order valence-electron chi connectivity index (χ3n) is 4.91. The molecular weight excluding hydrogens is 356 g/mol. The second-order valence-corrected chi connectivity index (χ2v) is 6.63. The van der Waals surface area contributed by atoms with E-state index in [1.165, 1.54) is 6.21 Å². The number of hydrogen-bond acceptors (Lipinski definition) is 7. The molecule has 1 aliphatic heterocycles. The molecule has 1 fully saturated rings. The Kier molecular flexibility index (Phi) is 4.77. The SMILES string of the molecule is N#Cc1cccnc1N1CCC(N=Cc2c(O)c3ccccc3oc2=O)CC1. The van der Waals surface area contributed by atoms with Gasteiger partial charge in [0, 0.05) is 25.5 Å². The van der Waals surface area contributed by atoms with Crippen LogP contribution in [-0.2, 0) is 0 Å². The Morgan fingerprint density at radius 2 is 2.04 bits per heavy atom.